The Kier molecular flexibility index (Phi) is 17.0. The number of rotatable bonds is 7. The zero-order chi connectivity index (χ0) is 21.4. The SMILES string of the molecule is CC(C)C.CCC(C)C.Cc1nc(C)nc(OC(=O)CCOCC(C)C)n1. The number of carbonyl (C=O) groups is 1. The van der Waals surface area contributed by atoms with Gasteiger partial charge in [0.1, 0.15) is 11.6 Å². The molecule has 1 rings (SSSR count). The quantitative estimate of drug-likeness (QED) is 0.477. The highest BCUT2D eigenvalue weighted by molar-refractivity contribution is 5.71. The molecule has 0 atom stereocenters. The number of esters is 1. The first kappa shape index (κ1) is 27.7. The van der Waals surface area contributed by atoms with Crippen LogP contribution in [0.5, 0.6) is 6.01 Å². The molecule has 1 heterocycles. The number of carbonyl (C=O) groups excluding carboxylic acids is 1. The Morgan fingerprint density at radius 1 is 0.889 bits per heavy atom. The Morgan fingerprint density at radius 2 is 1.33 bits per heavy atom. The Labute approximate surface area is 166 Å². The number of ether oxygens (including phenoxy) is 2. The van der Waals surface area contributed by atoms with Crippen molar-refractivity contribution < 1.29 is 14.3 Å². The van der Waals surface area contributed by atoms with E-state index < -0.39 is 5.97 Å². The summed E-state index contributed by atoms with van der Waals surface area (Å²) in [4.78, 5) is 23.3. The number of hydrogen-bond acceptors (Lipinski definition) is 6. The smallest absolute Gasteiger partial charge is 0.327 e. The van der Waals surface area contributed by atoms with E-state index in [-0.39, 0.29) is 12.4 Å². The number of hydrogen-bond donors (Lipinski definition) is 0. The van der Waals surface area contributed by atoms with Crippen LogP contribution in [-0.4, -0.2) is 34.1 Å². The molecule has 0 radical (unpaired) electrons. The van der Waals surface area contributed by atoms with Gasteiger partial charge < -0.3 is 9.47 Å². The van der Waals surface area contributed by atoms with Gasteiger partial charge in [0.2, 0.25) is 0 Å². The lowest BCUT2D eigenvalue weighted by Gasteiger charge is -2.06. The van der Waals surface area contributed by atoms with Gasteiger partial charge in [-0.2, -0.15) is 9.97 Å². The van der Waals surface area contributed by atoms with Gasteiger partial charge in [-0.3, -0.25) is 4.79 Å². The van der Waals surface area contributed by atoms with Crippen LogP contribution in [0.4, 0.5) is 0 Å². The van der Waals surface area contributed by atoms with Crippen molar-refractivity contribution in [2.75, 3.05) is 13.2 Å². The summed E-state index contributed by atoms with van der Waals surface area (Å²) in [6, 6.07) is 0.0499. The van der Waals surface area contributed by atoms with Crippen LogP contribution in [0.1, 0.15) is 79.9 Å². The topological polar surface area (TPSA) is 74.2 Å². The van der Waals surface area contributed by atoms with Crippen LogP contribution in [0, 0.1) is 31.6 Å². The second-order valence-electron chi connectivity index (χ2n) is 7.94. The van der Waals surface area contributed by atoms with E-state index in [9.17, 15) is 4.79 Å². The van der Waals surface area contributed by atoms with Gasteiger partial charge in [0.05, 0.1) is 13.0 Å². The van der Waals surface area contributed by atoms with E-state index in [1.807, 2.05) is 0 Å². The van der Waals surface area contributed by atoms with E-state index in [0.29, 0.717) is 30.8 Å². The lowest BCUT2D eigenvalue weighted by Crippen LogP contribution is -2.15. The maximum atomic E-state index is 11.5. The number of aromatic nitrogens is 3. The van der Waals surface area contributed by atoms with Gasteiger partial charge in [0.15, 0.2) is 0 Å². The van der Waals surface area contributed by atoms with E-state index in [2.05, 4.69) is 70.3 Å². The molecule has 1 aromatic rings. The molecule has 0 aliphatic carbocycles. The maximum absolute atomic E-state index is 11.5. The molecule has 0 fully saturated rings. The van der Waals surface area contributed by atoms with E-state index >= 15 is 0 Å². The Morgan fingerprint density at radius 3 is 1.70 bits per heavy atom. The molecule has 158 valence electrons. The number of aryl methyl sites for hydroxylation is 2. The van der Waals surface area contributed by atoms with Crippen molar-refractivity contribution in [2.45, 2.75) is 82.1 Å². The molecule has 6 nitrogen and oxygen atoms in total. The average Bonchev–Trinajstić information content (AvgIpc) is 2.50. The predicted molar refractivity (Wildman–Crippen MR) is 111 cm³/mol. The molecule has 0 aliphatic rings. The molecule has 0 amide bonds. The molecular weight excluding hydrogens is 342 g/mol. The summed E-state index contributed by atoms with van der Waals surface area (Å²) in [6.45, 7) is 21.7. The van der Waals surface area contributed by atoms with Crippen molar-refractivity contribution in [2.24, 2.45) is 17.8 Å². The maximum Gasteiger partial charge on any atom is 0.327 e. The highest BCUT2D eigenvalue weighted by Gasteiger charge is 2.09. The summed E-state index contributed by atoms with van der Waals surface area (Å²) in [5.41, 5.74) is 0. The van der Waals surface area contributed by atoms with Gasteiger partial charge in [-0.25, -0.2) is 4.98 Å². The van der Waals surface area contributed by atoms with Gasteiger partial charge in [0.25, 0.3) is 0 Å². The first-order valence-corrected chi connectivity index (χ1v) is 9.95. The standard InChI is InChI=1S/C12H19N3O3.C5H12.C4H10/c1-8(2)7-17-6-5-11(16)18-12-14-9(3)13-10(4)15-12;1-4-5(2)3;1-4(2)3/h8H,5-7H2,1-4H3;5H,4H2,1-3H3;4H,1-3H3. The van der Waals surface area contributed by atoms with Crippen LogP contribution >= 0.6 is 0 Å². The highest BCUT2D eigenvalue weighted by atomic mass is 16.6. The predicted octanol–water partition coefficient (Wildman–Crippen LogP) is 5.17. The average molecular weight is 384 g/mol. The molecule has 0 bridgehead atoms. The fourth-order valence-electron chi connectivity index (χ4n) is 1.26. The summed E-state index contributed by atoms with van der Waals surface area (Å²) in [5.74, 6) is 2.83. The monoisotopic (exact) mass is 383 g/mol. The van der Waals surface area contributed by atoms with Crippen LogP contribution in [0.15, 0.2) is 0 Å². The van der Waals surface area contributed by atoms with Crippen molar-refractivity contribution in [1.82, 2.24) is 15.0 Å². The summed E-state index contributed by atoms with van der Waals surface area (Å²) in [7, 11) is 0. The largest absolute Gasteiger partial charge is 0.391 e. The van der Waals surface area contributed by atoms with Crippen LogP contribution in [0.2, 0.25) is 0 Å². The normalized spacial score (nSPS) is 10.3. The highest BCUT2D eigenvalue weighted by Crippen LogP contribution is 2.04. The summed E-state index contributed by atoms with van der Waals surface area (Å²) in [6.07, 6.45) is 1.50. The van der Waals surface area contributed by atoms with Crippen LogP contribution < -0.4 is 4.74 Å². The molecule has 1 aromatic heterocycles. The van der Waals surface area contributed by atoms with Crippen molar-refractivity contribution in [3.63, 3.8) is 0 Å². The Bertz CT molecular complexity index is 480. The second kappa shape index (κ2) is 16.6. The fourth-order valence-corrected chi connectivity index (χ4v) is 1.26. The van der Waals surface area contributed by atoms with Gasteiger partial charge in [-0.05, 0) is 31.6 Å². The van der Waals surface area contributed by atoms with Crippen molar-refractivity contribution >= 4 is 5.97 Å². The van der Waals surface area contributed by atoms with Gasteiger partial charge in [-0.1, -0.05) is 61.8 Å². The minimum absolute atomic E-state index is 0.0499. The summed E-state index contributed by atoms with van der Waals surface area (Å²) in [5, 5.41) is 0. The second-order valence-corrected chi connectivity index (χ2v) is 7.94. The molecule has 27 heavy (non-hydrogen) atoms. The van der Waals surface area contributed by atoms with E-state index in [0.717, 1.165) is 11.8 Å². The van der Waals surface area contributed by atoms with Crippen molar-refractivity contribution in [3.8, 4) is 6.01 Å². The number of nitrogens with zero attached hydrogens (tertiary/aromatic N) is 3. The Hall–Kier alpha value is -1.56. The van der Waals surface area contributed by atoms with Crippen LogP contribution in [-0.2, 0) is 9.53 Å². The third kappa shape index (κ3) is 22.4. The van der Waals surface area contributed by atoms with E-state index in [1.165, 1.54) is 6.42 Å². The van der Waals surface area contributed by atoms with Crippen molar-refractivity contribution in [1.29, 1.82) is 0 Å². The molecule has 0 spiro atoms. The molecule has 0 aromatic carbocycles. The third-order valence-electron chi connectivity index (χ3n) is 2.76. The Balaban J connectivity index is 0. The molecule has 0 N–H and O–H groups in total. The van der Waals surface area contributed by atoms with Crippen LogP contribution in [0.25, 0.3) is 0 Å². The van der Waals surface area contributed by atoms with Gasteiger partial charge in [0, 0.05) is 6.61 Å². The molecule has 0 unspecified atom stereocenters. The van der Waals surface area contributed by atoms with Crippen LogP contribution in [0.3, 0.4) is 0 Å². The van der Waals surface area contributed by atoms with Gasteiger partial charge >= 0.3 is 12.0 Å². The van der Waals surface area contributed by atoms with E-state index in [4.69, 9.17) is 9.47 Å². The third-order valence-corrected chi connectivity index (χ3v) is 2.76. The molecule has 0 saturated heterocycles. The minimum atomic E-state index is -0.399. The minimum Gasteiger partial charge on any atom is -0.391 e. The zero-order valence-corrected chi connectivity index (χ0v) is 19.1. The zero-order valence-electron chi connectivity index (χ0n) is 19.1. The lowest BCUT2D eigenvalue weighted by atomic mass is 10.2. The lowest BCUT2D eigenvalue weighted by molar-refractivity contribution is -0.136. The molecule has 0 saturated carbocycles. The molecular formula is C21H41N3O3. The van der Waals surface area contributed by atoms with Crippen molar-refractivity contribution in [3.05, 3.63) is 11.6 Å². The summed E-state index contributed by atoms with van der Waals surface area (Å²) >= 11 is 0. The van der Waals surface area contributed by atoms with Gasteiger partial charge in [-0.15, -0.1) is 0 Å². The summed E-state index contributed by atoms with van der Waals surface area (Å²) < 4.78 is 10.3. The molecule has 6 heteroatoms. The fraction of sp³-hybridized carbons (Fsp3) is 0.810. The van der Waals surface area contributed by atoms with E-state index in [1.54, 1.807) is 13.8 Å². The first-order chi connectivity index (χ1) is 12.5. The molecule has 0 aliphatic heterocycles. The first-order valence-electron chi connectivity index (χ1n) is 9.95.